The first-order valence-corrected chi connectivity index (χ1v) is 9.78. The van der Waals surface area contributed by atoms with Gasteiger partial charge in [0.05, 0.1) is 0 Å². The monoisotopic (exact) mass is 292 g/mol. The molecule has 3 fully saturated rings. The molecule has 0 bridgehead atoms. The van der Waals surface area contributed by atoms with Crippen molar-refractivity contribution in [2.24, 2.45) is 11.3 Å². The minimum absolute atomic E-state index is 0.582. The normalized spacial score (nSPS) is 33.6. The van der Waals surface area contributed by atoms with E-state index in [9.17, 15) is 0 Å². The van der Waals surface area contributed by atoms with Gasteiger partial charge in [-0.15, -0.1) is 0 Å². The van der Waals surface area contributed by atoms with E-state index in [2.05, 4.69) is 17.1 Å². The summed E-state index contributed by atoms with van der Waals surface area (Å²) in [5, 5.41) is 3.71. The predicted octanol–water partition coefficient (Wildman–Crippen LogP) is 4.20. The molecule has 3 aliphatic rings. The second-order valence-corrected chi connectivity index (χ2v) is 8.07. The number of hydrogen-bond donors (Lipinski definition) is 1. The maximum atomic E-state index is 3.71. The lowest BCUT2D eigenvalue weighted by Crippen LogP contribution is -2.47. The van der Waals surface area contributed by atoms with Crippen LogP contribution in [0, 0.1) is 11.3 Å². The standard InChI is InChI=1S/C19H36N2/c1-2-20-15-19(12-7-3-4-8-13-19)16-21-14-11-17-9-5-6-10-18(17)21/h17-18,20H,2-16H2,1H3. The number of fused-ring (bicyclic) bond motifs is 1. The van der Waals surface area contributed by atoms with Gasteiger partial charge in [0.2, 0.25) is 0 Å². The van der Waals surface area contributed by atoms with E-state index in [0.29, 0.717) is 5.41 Å². The highest BCUT2D eigenvalue weighted by Gasteiger charge is 2.40. The van der Waals surface area contributed by atoms with Gasteiger partial charge < -0.3 is 5.32 Å². The number of likely N-dealkylation sites (tertiary alicyclic amines) is 1. The van der Waals surface area contributed by atoms with E-state index in [-0.39, 0.29) is 0 Å². The Bertz CT molecular complexity index is 307. The van der Waals surface area contributed by atoms with Crippen LogP contribution in [0.25, 0.3) is 0 Å². The Hall–Kier alpha value is -0.0800. The van der Waals surface area contributed by atoms with Crippen LogP contribution in [0.3, 0.4) is 0 Å². The van der Waals surface area contributed by atoms with E-state index >= 15 is 0 Å². The molecule has 2 atom stereocenters. The van der Waals surface area contributed by atoms with Crippen LogP contribution in [0.2, 0.25) is 0 Å². The lowest BCUT2D eigenvalue weighted by atomic mass is 9.78. The molecule has 0 amide bonds. The summed E-state index contributed by atoms with van der Waals surface area (Å²) < 4.78 is 0. The molecule has 0 radical (unpaired) electrons. The molecule has 0 aromatic carbocycles. The van der Waals surface area contributed by atoms with Gasteiger partial charge >= 0.3 is 0 Å². The van der Waals surface area contributed by atoms with Gasteiger partial charge in [-0.3, -0.25) is 4.90 Å². The summed E-state index contributed by atoms with van der Waals surface area (Å²) in [6.07, 6.45) is 16.3. The second-order valence-electron chi connectivity index (χ2n) is 8.07. The Morgan fingerprint density at radius 2 is 1.71 bits per heavy atom. The third-order valence-corrected chi connectivity index (χ3v) is 6.58. The average molecular weight is 293 g/mol. The van der Waals surface area contributed by atoms with Crippen LogP contribution in [-0.2, 0) is 0 Å². The molecule has 0 spiro atoms. The van der Waals surface area contributed by atoms with Gasteiger partial charge in [0, 0.05) is 19.1 Å². The molecule has 1 N–H and O–H groups in total. The van der Waals surface area contributed by atoms with E-state index < -0.39 is 0 Å². The molecule has 0 aromatic rings. The smallest absolute Gasteiger partial charge is 0.0124 e. The SMILES string of the molecule is CCNCC1(CN2CCC3CCCCC32)CCCCCC1. The Labute approximate surface area is 132 Å². The minimum Gasteiger partial charge on any atom is -0.316 e. The molecule has 2 aliphatic carbocycles. The molecule has 2 nitrogen and oxygen atoms in total. The quantitative estimate of drug-likeness (QED) is 0.764. The Balaban J connectivity index is 1.65. The number of nitrogens with one attached hydrogen (secondary N) is 1. The predicted molar refractivity (Wildman–Crippen MR) is 90.6 cm³/mol. The third-order valence-electron chi connectivity index (χ3n) is 6.58. The number of hydrogen-bond acceptors (Lipinski definition) is 2. The summed E-state index contributed by atoms with van der Waals surface area (Å²) in [6, 6.07) is 0.945. The molecule has 2 heteroatoms. The number of rotatable bonds is 5. The molecule has 0 aromatic heterocycles. The second kappa shape index (κ2) is 7.46. The van der Waals surface area contributed by atoms with Crippen LogP contribution in [0.5, 0.6) is 0 Å². The highest BCUT2D eigenvalue weighted by atomic mass is 15.2. The van der Waals surface area contributed by atoms with E-state index in [1.165, 1.54) is 90.3 Å². The minimum atomic E-state index is 0.582. The molecule has 1 aliphatic heterocycles. The van der Waals surface area contributed by atoms with Crippen LogP contribution in [0.4, 0.5) is 0 Å². The molecular formula is C19H36N2. The fourth-order valence-electron chi connectivity index (χ4n) is 5.39. The fourth-order valence-corrected chi connectivity index (χ4v) is 5.39. The van der Waals surface area contributed by atoms with Gasteiger partial charge in [-0.05, 0) is 56.5 Å². The summed E-state index contributed by atoms with van der Waals surface area (Å²) in [4.78, 5) is 2.92. The van der Waals surface area contributed by atoms with Gasteiger partial charge in [0.25, 0.3) is 0 Å². The Kier molecular flexibility index (Phi) is 5.61. The Morgan fingerprint density at radius 1 is 0.952 bits per heavy atom. The van der Waals surface area contributed by atoms with Crippen LogP contribution >= 0.6 is 0 Å². The van der Waals surface area contributed by atoms with Crippen molar-refractivity contribution in [2.75, 3.05) is 26.2 Å². The molecule has 122 valence electrons. The third kappa shape index (κ3) is 3.82. The van der Waals surface area contributed by atoms with E-state index in [4.69, 9.17) is 0 Å². The number of nitrogens with zero attached hydrogens (tertiary/aromatic N) is 1. The molecule has 1 saturated heterocycles. The fraction of sp³-hybridized carbons (Fsp3) is 1.00. The maximum absolute atomic E-state index is 3.71. The average Bonchev–Trinajstić information content (AvgIpc) is 2.77. The van der Waals surface area contributed by atoms with Crippen molar-refractivity contribution >= 4 is 0 Å². The van der Waals surface area contributed by atoms with E-state index in [1.54, 1.807) is 0 Å². The van der Waals surface area contributed by atoms with Crippen LogP contribution < -0.4 is 5.32 Å². The lowest BCUT2D eigenvalue weighted by molar-refractivity contribution is 0.0953. The van der Waals surface area contributed by atoms with Crippen molar-refractivity contribution in [3.8, 4) is 0 Å². The first-order chi connectivity index (χ1) is 10.3. The molecular weight excluding hydrogens is 256 g/mol. The molecule has 21 heavy (non-hydrogen) atoms. The zero-order valence-electron chi connectivity index (χ0n) is 14.2. The summed E-state index contributed by atoms with van der Waals surface area (Å²) >= 11 is 0. The van der Waals surface area contributed by atoms with Gasteiger partial charge in [0.1, 0.15) is 0 Å². The van der Waals surface area contributed by atoms with Crippen molar-refractivity contribution in [1.29, 1.82) is 0 Å². The van der Waals surface area contributed by atoms with Crippen LogP contribution in [-0.4, -0.2) is 37.1 Å². The largest absolute Gasteiger partial charge is 0.316 e. The van der Waals surface area contributed by atoms with Crippen molar-refractivity contribution in [1.82, 2.24) is 10.2 Å². The van der Waals surface area contributed by atoms with Crippen molar-refractivity contribution in [2.45, 2.75) is 83.6 Å². The molecule has 1 heterocycles. The van der Waals surface area contributed by atoms with Gasteiger partial charge in [-0.1, -0.05) is 45.4 Å². The lowest BCUT2D eigenvalue weighted by Gasteiger charge is -2.41. The first kappa shape index (κ1) is 15.8. The van der Waals surface area contributed by atoms with Crippen LogP contribution in [0.15, 0.2) is 0 Å². The first-order valence-electron chi connectivity index (χ1n) is 9.78. The molecule has 2 saturated carbocycles. The summed E-state index contributed by atoms with van der Waals surface area (Å²) in [7, 11) is 0. The van der Waals surface area contributed by atoms with Crippen molar-refractivity contribution in [3.63, 3.8) is 0 Å². The van der Waals surface area contributed by atoms with Crippen molar-refractivity contribution in [3.05, 3.63) is 0 Å². The summed E-state index contributed by atoms with van der Waals surface area (Å²) in [6.45, 7) is 7.44. The Morgan fingerprint density at radius 3 is 2.48 bits per heavy atom. The topological polar surface area (TPSA) is 15.3 Å². The molecule has 3 rings (SSSR count). The summed E-state index contributed by atoms with van der Waals surface area (Å²) in [5.41, 5.74) is 0.582. The van der Waals surface area contributed by atoms with E-state index in [0.717, 1.165) is 18.5 Å². The molecule has 2 unspecified atom stereocenters. The van der Waals surface area contributed by atoms with E-state index in [1.807, 2.05) is 0 Å². The van der Waals surface area contributed by atoms with Crippen molar-refractivity contribution < 1.29 is 0 Å². The van der Waals surface area contributed by atoms with Gasteiger partial charge in [0.15, 0.2) is 0 Å². The zero-order valence-corrected chi connectivity index (χ0v) is 14.2. The van der Waals surface area contributed by atoms with Crippen LogP contribution in [0.1, 0.15) is 77.6 Å². The van der Waals surface area contributed by atoms with Gasteiger partial charge in [-0.25, -0.2) is 0 Å². The maximum Gasteiger partial charge on any atom is 0.0124 e. The summed E-state index contributed by atoms with van der Waals surface area (Å²) in [5.74, 6) is 1.04. The van der Waals surface area contributed by atoms with Gasteiger partial charge in [-0.2, -0.15) is 0 Å². The zero-order chi connectivity index (χ0) is 14.5. The highest BCUT2D eigenvalue weighted by molar-refractivity contribution is 4.95. The highest BCUT2D eigenvalue weighted by Crippen LogP contribution is 2.41.